The number of aromatic nitrogens is 1. The van der Waals surface area contributed by atoms with Crippen LogP contribution in [0.1, 0.15) is 18.4 Å². The molecule has 0 atom stereocenters. The zero-order valence-corrected chi connectivity index (χ0v) is 10.4. The average Bonchev–Trinajstić information content (AvgIpc) is 2.24. The number of likely N-dealkylation sites (tertiary alicyclic amines) is 1. The molecule has 0 aromatic carbocycles. The summed E-state index contributed by atoms with van der Waals surface area (Å²) in [5, 5.41) is 10.5. The van der Waals surface area contributed by atoms with Crippen molar-refractivity contribution in [3.05, 3.63) is 28.5 Å². The standard InChI is InChI=1S/C11H15BrN2O/c1-14-6-4-11(15,5-7-14)9-2-3-10(12)13-8-9/h2-3,8,15H,4-7H2,1H3. The second-order valence-corrected chi connectivity index (χ2v) is 5.02. The van der Waals surface area contributed by atoms with Gasteiger partial charge in [-0.05, 0) is 41.9 Å². The van der Waals surface area contributed by atoms with E-state index >= 15 is 0 Å². The molecule has 0 bridgehead atoms. The second-order valence-electron chi connectivity index (χ2n) is 4.20. The van der Waals surface area contributed by atoms with Crippen molar-refractivity contribution in [2.45, 2.75) is 18.4 Å². The summed E-state index contributed by atoms with van der Waals surface area (Å²) < 4.78 is 0.808. The van der Waals surface area contributed by atoms with E-state index in [1.54, 1.807) is 6.20 Å². The molecule has 82 valence electrons. The predicted molar refractivity (Wildman–Crippen MR) is 62.6 cm³/mol. The third-order valence-electron chi connectivity index (χ3n) is 3.08. The van der Waals surface area contributed by atoms with Crippen LogP contribution in [0.2, 0.25) is 0 Å². The lowest BCUT2D eigenvalue weighted by molar-refractivity contribution is -0.0205. The third kappa shape index (κ3) is 2.38. The van der Waals surface area contributed by atoms with Gasteiger partial charge >= 0.3 is 0 Å². The average molecular weight is 271 g/mol. The van der Waals surface area contributed by atoms with Crippen LogP contribution in [0.4, 0.5) is 0 Å². The molecule has 1 saturated heterocycles. The highest BCUT2D eigenvalue weighted by Crippen LogP contribution is 2.32. The van der Waals surface area contributed by atoms with E-state index in [0.29, 0.717) is 0 Å². The Morgan fingerprint density at radius 3 is 2.60 bits per heavy atom. The molecule has 1 fully saturated rings. The van der Waals surface area contributed by atoms with Crippen LogP contribution in [0.15, 0.2) is 22.9 Å². The molecule has 0 amide bonds. The van der Waals surface area contributed by atoms with Gasteiger partial charge < -0.3 is 10.0 Å². The molecule has 0 spiro atoms. The molecular weight excluding hydrogens is 256 g/mol. The molecule has 0 saturated carbocycles. The van der Waals surface area contributed by atoms with Crippen LogP contribution in [-0.4, -0.2) is 35.1 Å². The lowest BCUT2D eigenvalue weighted by Crippen LogP contribution is -2.40. The quantitative estimate of drug-likeness (QED) is 0.791. The number of aliphatic hydroxyl groups is 1. The van der Waals surface area contributed by atoms with Crippen LogP contribution in [0.25, 0.3) is 0 Å². The van der Waals surface area contributed by atoms with Gasteiger partial charge in [0, 0.05) is 24.8 Å². The first-order chi connectivity index (χ1) is 7.10. The van der Waals surface area contributed by atoms with Crippen molar-refractivity contribution in [3.8, 4) is 0 Å². The van der Waals surface area contributed by atoms with E-state index in [1.807, 2.05) is 12.1 Å². The fourth-order valence-electron chi connectivity index (χ4n) is 1.93. The van der Waals surface area contributed by atoms with E-state index in [-0.39, 0.29) is 0 Å². The first kappa shape index (κ1) is 11.0. The summed E-state index contributed by atoms with van der Waals surface area (Å²) in [5.74, 6) is 0. The summed E-state index contributed by atoms with van der Waals surface area (Å²) >= 11 is 3.30. The number of piperidine rings is 1. The van der Waals surface area contributed by atoms with Crippen LogP contribution >= 0.6 is 15.9 Å². The molecule has 1 aromatic rings. The SMILES string of the molecule is CN1CCC(O)(c2ccc(Br)nc2)CC1. The zero-order chi connectivity index (χ0) is 10.9. The molecule has 1 aliphatic rings. The summed E-state index contributed by atoms with van der Waals surface area (Å²) in [6.45, 7) is 1.87. The van der Waals surface area contributed by atoms with E-state index < -0.39 is 5.60 Å². The first-order valence-corrected chi connectivity index (χ1v) is 5.92. The van der Waals surface area contributed by atoms with Crippen LogP contribution in [-0.2, 0) is 5.60 Å². The minimum atomic E-state index is -0.680. The van der Waals surface area contributed by atoms with Gasteiger partial charge in [-0.3, -0.25) is 0 Å². The van der Waals surface area contributed by atoms with E-state index in [4.69, 9.17) is 0 Å². The fraction of sp³-hybridized carbons (Fsp3) is 0.545. The molecule has 1 aliphatic heterocycles. The Morgan fingerprint density at radius 1 is 1.40 bits per heavy atom. The summed E-state index contributed by atoms with van der Waals surface area (Å²) in [6, 6.07) is 3.83. The maximum absolute atomic E-state index is 10.5. The maximum atomic E-state index is 10.5. The topological polar surface area (TPSA) is 36.4 Å². The third-order valence-corrected chi connectivity index (χ3v) is 3.55. The highest BCUT2D eigenvalue weighted by Gasteiger charge is 2.32. The van der Waals surface area contributed by atoms with Crippen molar-refractivity contribution in [1.82, 2.24) is 9.88 Å². The molecule has 2 heterocycles. The molecule has 2 rings (SSSR count). The molecule has 1 aromatic heterocycles. The van der Waals surface area contributed by atoms with Gasteiger partial charge in [-0.2, -0.15) is 0 Å². The predicted octanol–water partition coefficient (Wildman–Crippen LogP) is 1.76. The summed E-state index contributed by atoms with van der Waals surface area (Å²) in [6.07, 6.45) is 3.33. The van der Waals surface area contributed by atoms with E-state index in [0.717, 1.165) is 36.1 Å². The van der Waals surface area contributed by atoms with Gasteiger partial charge in [-0.25, -0.2) is 4.98 Å². The molecule has 4 heteroatoms. The van der Waals surface area contributed by atoms with E-state index in [2.05, 4.69) is 32.9 Å². The molecule has 3 nitrogen and oxygen atoms in total. The Balaban J connectivity index is 2.18. The molecule has 15 heavy (non-hydrogen) atoms. The number of hydrogen-bond donors (Lipinski definition) is 1. The van der Waals surface area contributed by atoms with Gasteiger partial charge in [0.1, 0.15) is 4.60 Å². The zero-order valence-electron chi connectivity index (χ0n) is 8.78. The Labute approximate surface area is 98.3 Å². The monoisotopic (exact) mass is 270 g/mol. The number of rotatable bonds is 1. The van der Waals surface area contributed by atoms with Crippen LogP contribution in [0.5, 0.6) is 0 Å². The highest BCUT2D eigenvalue weighted by atomic mass is 79.9. The summed E-state index contributed by atoms with van der Waals surface area (Å²) in [4.78, 5) is 6.40. The molecule has 0 aliphatic carbocycles. The van der Waals surface area contributed by atoms with Crippen LogP contribution < -0.4 is 0 Å². The van der Waals surface area contributed by atoms with Crippen molar-refractivity contribution >= 4 is 15.9 Å². The Kier molecular flexibility index (Phi) is 3.09. The Bertz CT molecular complexity index is 331. The minimum Gasteiger partial charge on any atom is -0.385 e. The molecule has 1 N–H and O–H groups in total. The van der Waals surface area contributed by atoms with Gasteiger partial charge in [0.15, 0.2) is 0 Å². The van der Waals surface area contributed by atoms with Crippen molar-refractivity contribution < 1.29 is 5.11 Å². The van der Waals surface area contributed by atoms with Crippen molar-refractivity contribution in [1.29, 1.82) is 0 Å². The van der Waals surface area contributed by atoms with Crippen molar-refractivity contribution in [3.63, 3.8) is 0 Å². The summed E-state index contributed by atoms with van der Waals surface area (Å²) in [5.41, 5.74) is 0.249. The van der Waals surface area contributed by atoms with E-state index in [1.165, 1.54) is 0 Å². The minimum absolute atomic E-state index is 0.680. The second kappa shape index (κ2) is 4.20. The Hall–Kier alpha value is -0.450. The number of halogens is 1. The molecular formula is C11H15BrN2O. The highest BCUT2D eigenvalue weighted by molar-refractivity contribution is 9.10. The lowest BCUT2D eigenvalue weighted by Gasteiger charge is -2.36. The number of pyridine rings is 1. The van der Waals surface area contributed by atoms with Crippen LogP contribution in [0, 0.1) is 0 Å². The smallest absolute Gasteiger partial charge is 0.106 e. The normalized spacial score (nSPS) is 21.5. The Morgan fingerprint density at radius 2 is 2.07 bits per heavy atom. The number of nitrogens with zero attached hydrogens (tertiary/aromatic N) is 2. The largest absolute Gasteiger partial charge is 0.385 e. The summed E-state index contributed by atoms with van der Waals surface area (Å²) in [7, 11) is 2.08. The lowest BCUT2D eigenvalue weighted by atomic mass is 9.85. The van der Waals surface area contributed by atoms with Gasteiger partial charge in [-0.15, -0.1) is 0 Å². The molecule has 0 radical (unpaired) electrons. The fourth-order valence-corrected chi connectivity index (χ4v) is 2.16. The van der Waals surface area contributed by atoms with Crippen LogP contribution in [0.3, 0.4) is 0 Å². The van der Waals surface area contributed by atoms with Gasteiger partial charge in [0.2, 0.25) is 0 Å². The van der Waals surface area contributed by atoms with Gasteiger partial charge in [-0.1, -0.05) is 6.07 Å². The van der Waals surface area contributed by atoms with Crippen molar-refractivity contribution in [2.24, 2.45) is 0 Å². The maximum Gasteiger partial charge on any atom is 0.106 e. The van der Waals surface area contributed by atoms with Gasteiger partial charge in [0.25, 0.3) is 0 Å². The first-order valence-electron chi connectivity index (χ1n) is 5.13. The van der Waals surface area contributed by atoms with E-state index in [9.17, 15) is 5.11 Å². The van der Waals surface area contributed by atoms with Gasteiger partial charge in [0.05, 0.1) is 5.60 Å². The van der Waals surface area contributed by atoms with Crippen molar-refractivity contribution in [2.75, 3.05) is 20.1 Å². The molecule has 0 unspecified atom stereocenters. The number of hydrogen-bond acceptors (Lipinski definition) is 3.